The number of rotatable bonds is 2. The van der Waals surface area contributed by atoms with Crippen LogP contribution in [0.15, 0.2) is 47.2 Å². The summed E-state index contributed by atoms with van der Waals surface area (Å²) in [6.07, 6.45) is 5.45. The Morgan fingerprint density at radius 1 is 1.33 bits per heavy atom. The van der Waals surface area contributed by atoms with Gasteiger partial charge < -0.3 is 10.1 Å². The Morgan fingerprint density at radius 2 is 2.07 bits per heavy atom. The molecule has 1 heterocycles. The zero-order valence-electron chi connectivity index (χ0n) is 15.1. The van der Waals surface area contributed by atoms with Crippen LogP contribution in [0.2, 0.25) is 0 Å². The third kappa shape index (κ3) is 2.31. The van der Waals surface area contributed by atoms with E-state index in [2.05, 4.69) is 11.4 Å². The first-order chi connectivity index (χ1) is 12.8. The first-order valence-electron chi connectivity index (χ1n) is 8.56. The highest BCUT2D eigenvalue weighted by Crippen LogP contribution is 2.49. The van der Waals surface area contributed by atoms with E-state index in [0.29, 0.717) is 16.7 Å². The van der Waals surface area contributed by atoms with Crippen LogP contribution in [0.25, 0.3) is 0 Å². The lowest BCUT2D eigenvalue weighted by Gasteiger charge is -2.35. The maximum atomic E-state index is 13.3. The molecule has 0 spiro atoms. The van der Waals surface area contributed by atoms with Gasteiger partial charge >= 0.3 is 0 Å². The number of hydrogen-bond donors (Lipinski definition) is 3. The van der Waals surface area contributed by atoms with Crippen LogP contribution in [0.4, 0.5) is 5.69 Å². The highest BCUT2D eigenvalue weighted by atomic mass is 16.8. The molecule has 0 radical (unpaired) electrons. The smallest absolute Gasteiger partial charge is 0.191 e. The Balaban J connectivity index is 1.89. The molecule has 138 valence electrons. The number of Topliss-reactive ketones (excluding diaryl/α,β-unsaturated/α-hetero) is 1. The lowest BCUT2D eigenvalue weighted by molar-refractivity contribution is 0.0278. The molecule has 2 atom stereocenters. The zero-order valence-corrected chi connectivity index (χ0v) is 15.1. The number of methoxy groups -OCH3 is 1. The van der Waals surface area contributed by atoms with Crippen molar-refractivity contribution in [2.24, 2.45) is 5.92 Å². The summed E-state index contributed by atoms with van der Waals surface area (Å²) >= 11 is 0. The van der Waals surface area contributed by atoms with Gasteiger partial charge in [0, 0.05) is 33.7 Å². The first-order valence-corrected chi connectivity index (χ1v) is 8.56. The Morgan fingerprint density at radius 3 is 2.70 bits per heavy atom. The maximum Gasteiger partial charge on any atom is 0.191 e. The fourth-order valence-electron chi connectivity index (χ4n) is 4.23. The lowest BCUT2D eigenvalue weighted by Crippen LogP contribution is -2.36. The summed E-state index contributed by atoms with van der Waals surface area (Å²) in [5.74, 6) is -0.0730. The van der Waals surface area contributed by atoms with Crippen molar-refractivity contribution in [2.75, 3.05) is 12.3 Å². The van der Waals surface area contributed by atoms with Crippen molar-refractivity contribution in [3.8, 4) is 11.8 Å². The van der Waals surface area contributed by atoms with Gasteiger partial charge in [0.2, 0.25) is 0 Å². The number of carbonyl (C=O) groups is 1. The van der Waals surface area contributed by atoms with Crippen LogP contribution in [-0.4, -0.2) is 29.3 Å². The summed E-state index contributed by atoms with van der Waals surface area (Å²) < 4.78 is 5.27. The van der Waals surface area contributed by atoms with Crippen LogP contribution in [0, 0.1) is 17.2 Å². The van der Waals surface area contributed by atoms with Crippen molar-refractivity contribution in [2.45, 2.75) is 25.3 Å². The van der Waals surface area contributed by atoms with Gasteiger partial charge in [0.25, 0.3) is 0 Å². The van der Waals surface area contributed by atoms with Gasteiger partial charge in [-0.3, -0.25) is 15.2 Å². The van der Waals surface area contributed by atoms with Gasteiger partial charge in [-0.1, -0.05) is 19.9 Å². The minimum Gasteiger partial charge on any atom is -0.494 e. The highest BCUT2D eigenvalue weighted by Gasteiger charge is 2.48. The van der Waals surface area contributed by atoms with E-state index >= 15 is 0 Å². The van der Waals surface area contributed by atoms with Gasteiger partial charge in [-0.25, -0.2) is 0 Å². The standard InChI is InChI=1S/C20H19N3O4/c1-20(2)13-8-16(27-3)15(23(25)26)7-12(13)18(24)17-11-5-4-10(9-21)6-14(11)22-19(17)20/h4-8,11,14,22,25-26H,1-3H3. The van der Waals surface area contributed by atoms with Crippen LogP contribution in [0.5, 0.6) is 5.75 Å². The topological polar surface area (TPSA) is 106 Å². The lowest BCUT2D eigenvalue weighted by atomic mass is 9.69. The van der Waals surface area contributed by atoms with Gasteiger partial charge in [0.05, 0.1) is 19.2 Å². The zero-order chi connectivity index (χ0) is 19.5. The number of benzene rings is 1. The van der Waals surface area contributed by atoms with E-state index in [-0.39, 0.29) is 34.4 Å². The monoisotopic (exact) mass is 365 g/mol. The second-order valence-corrected chi connectivity index (χ2v) is 7.39. The van der Waals surface area contributed by atoms with E-state index in [4.69, 9.17) is 10.00 Å². The number of nitriles is 1. The molecule has 27 heavy (non-hydrogen) atoms. The molecule has 0 amide bonds. The SMILES string of the molecule is COc1cc2c(cc1N(O)O)C(=O)C1=C(NC3C=C(C#N)C=CC13)C2(C)C. The van der Waals surface area contributed by atoms with Gasteiger partial charge in [-0.15, -0.1) is 5.23 Å². The number of hydrogen-bond acceptors (Lipinski definition) is 7. The van der Waals surface area contributed by atoms with Crippen molar-refractivity contribution in [3.05, 3.63) is 58.3 Å². The number of ether oxygens (including phenoxy) is 1. The van der Waals surface area contributed by atoms with E-state index in [0.717, 1.165) is 11.3 Å². The predicted molar refractivity (Wildman–Crippen MR) is 96.7 cm³/mol. The predicted octanol–water partition coefficient (Wildman–Crippen LogP) is 2.62. The van der Waals surface area contributed by atoms with Crippen LogP contribution in [0.1, 0.15) is 29.8 Å². The summed E-state index contributed by atoms with van der Waals surface area (Å²) in [6, 6.07) is 5.09. The van der Waals surface area contributed by atoms with Gasteiger partial charge in [-0.05, 0) is 29.8 Å². The van der Waals surface area contributed by atoms with Gasteiger partial charge in [-0.2, -0.15) is 5.26 Å². The van der Waals surface area contributed by atoms with E-state index in [9.17, 15) is 15.2 Å². The molecular weight excluding hydrogens is 346 g/mol. The molecule has 0 bridgehead atoms. The molecular formula is C20H19N3O4. The molecule has 4 rings (SSSR count). The van der Waals surface area contributed by atoms with Gasteiger partial charge in [0.1, 0.15) is 11.4 Å². The van der Waals surface area contributed by atoms with Crippen molar-refractivity contribution in [1.29, 1.82) is 5.26 Å². The number of ketones is 1. The maximum absolute atomic E-state index is 13.3. The summed E-state index contributed by atoms with van der Waals surface area (Å²) in [6.45, 7) is 4.01. The molecule has 7 heteroatoms. The highest BCUT2D eigenvalue weighted by molar-refractivity contribution is 6.14. The van der Waals surface area contributed by atoms with E-state index in [1.807, 2.05) is 26.0 Å². The molecule has 0 saturated carbocycles. The third-order valence-corrected chi connectivity index (χ3v) is 5.59. The molecule has 1 aromatic rings. The average molecular weight is 365 g/mol. The van der Waals surface area contributed by atoms with Crippen molar-refractivity contribution < 1.29 is 19.9 Å². The average Bonchev–Trinajstić information content (AvgIpc) is 3.05. The minimum absolute atomic E-state index is 0.00203. The summed E-state index contributed by atoms with van der Waals surface area (Å²) in [7, 11) is 1.43. The second kappa shape index (κ2) is 5.71. The summed E-state index contributed by atoms with van der Waals surface area (Å²) in [5.41, 5.74) is 2.67. The Bertz CT molecular complexity index is 995. The van der Waals surface area contributed by atoms with Crippen molar-refractivity contribution in [1.82, 2.24) is 5.32 Å². The second-order valence-electron chi connectivity index (χ2n) is 7.39. The summed E-state index contributed by atoms with van der Waals surface area (Å²) in [5, 5.41) is 31.6. The van der Waals surface area contributed by atoms with E-state index in [1.54, 1.807) is 12.1 Å². The van der Waals surface area contributed by atoms with E-state index in [1.165, 1.54) is 13.2 Å². The van der Waals surface area contributed by atoms with E-state index < -0.39 is 5.41 Å². The molecule has 1 aliphatic heterocycles. The molecule has 0 aromatic heterocycles. The number of fused-ring (bicyclic) bond motifs is 3. The summed E-state index contributed by atoms with van der Waals surface area (Å²) in [4.78, 5) is 13.3. The van der Waals surface area contributed by atoms with Gasteiger partial charge in [0.15, 0.2) is 5.78 Å². The largest absolute Gasteiger partial charge is 0.494 e. The minimum atomic E-state index is -0.522. The number of carbonyl (C=O) groups excluding carboxylic acids is 1. The Labute approximate surface area is 156 Å². The van der Waals surface area contributed by atoms with Crippen molar-refractivity contribution >= 4 is 11.5 Å². The molecule has 1 aromatic carbocycles. The molecule has 2 unspecified atom stereocenters. The number of nitrogens with one attached hydrogen (secondary N) is 1. The van der Waals surface area contributed by atoms with Crippen LogP contribution >= 0.6 is 0 Å². The molecule has 0 fully saturated rings. The number of anilines is 1. The number of nitrogens with zero attached hydrogens (tertiary/aromatic N) is 2. The molecule has 0 saturated heterocycles. The van der Waals surface area contributed by atoms with Crippen molar-refractivity contribution in [3.63, 3.8) is 0 Å². The third-order valence-electron chi connectivity index (χ3n) is 5.59. The van der Waals surface area contributed by atoms with Crippen LogP contribution in [-0.2, 0) is 5.41 Å². The Kier molecular flexibility index (Phi) is 3.67. The Hall–Kier alpha value is -3.08. The first kappa shape index (κ1) is 17.3. The molecule has 3 aliphatic rings. The fraction of sp³-hybridized carbons (Fsp3) is 0.300. The molecule has 3 N–H and O–H groups in total. The fourth-order valence-corrected chi connectivity index (χ4v) is 4.23. The van der Waals surface area contributed by atoms with Crippen LogP contribution < -0.4 is 15.3 Å². The molecule has 2 aliphatic carbocycles. The van der Waals surface area contributed by atoms with Crippen LogP contribution in [0.3, 0.4) is 0 Å². The molecule has 7 nitrogen and oxygen atoms in total. The normalized spacial score (nSPS) is 24.3. The quantitative estimate of drug-likeness (QED) is 0.692. The number of allylic oxidation sites excluding steroid dienone is 3.